The zero-order valence-corrected chi connectivity index (χ0v) is 18.8. The average Bonchev–Trinajstić information content (AvgIpc) is 3.33. The Morgan fingerprint density at radius 2 is 2.16 bits per heavy atom. The first-order valence-corrected chi connectivity index (χ1v) is 11.9. The van der Waals surface area contributed by atoms with E-state index in [2.05, 4.69) is 29.2 Å². The molecule has 1 aromatic heterocycles. The predicted molar refractivity (Wildman–Crippen MR) is 107 cm³/mol. The van der Waals surface area contributed by atoms with E-state index in [4.69, 9.17) is 0 Å². The number of hydrogen-bond donors (Lipinski definition) is 1. The van der Waals surface area contributed by atoms with E-state index >= 15 is 0 Å². The Bertz CT molecular complexity index is 963. The maximum atomic E-state index is 14.1. The van der Waals surface area contributed by atoms with Gasteiger partial charge in [-0.1, -0.05) is 13.8 Å². The van der Waals surface area contributed by atoms with Crippen molar-refractivity contribution in [2.75, 3.05) is 19.0 Å². The number of likely N-dealkylation sites (tertiary alicyclic amines) is 1. The normalized spacial score (nSPS) is 35.2. The number of hydrogen-bond acceptors (Lipinski definition) is 8. The monoisotopic (exact) mass is 456 g/mol. The summed E-state index contributed by atoms with van der Waals surface area (Å²) in [6.45, 7) is 6.13. The summed E-state index contributed by atoms with van der Waals surface area (Å²) in [6.07, 6.45) is 3.00. The summed E-state index contributed by atoms with van der Waals surface area (Å²) < 4.78 is 49.4. The van der Waals surface area contributed by atoms with Crippen LogP contribution in [-0.2, 0) is 21.5 Å². The van der Waals surface area contributed by atoms with E-state index in [-0.39, 0.29) is 24.3 Å². The Labute approximate surface area is 181 Å². The highest BCUT2D eigenvalue weighted by atomic mass is 32.2. The Morgan fingerprint density at radius 1 is 1.45 bits per heavy atom. The van der Waals surface area contributed by atoms with Crippen LogP contribution < -0.4 is 5.32 Å². The summed E-state index contributed by atoms with van der Waals surface area (Å²) in [6, 6.07) is 0.642. The molecule has 1 aromatic rings. The van der Waals surface area contributed by atoms with Crippen molar-refractivity contribution in [2.45, 2.75) is 64.3 Å². The van der Waals surface area contributed by atoms with Gasteiger partial charge in [0.05, 0.1) is 6.42 Å². The number of carbonyl (C=O) groups excluding carboxylic acids is 1. The lowest BCUT2D eigenvalue weighted by molar-refractivity contribution is -0.847. The summed E-state index contributed by atoms with van der Waals surface area (Å²) >= 11 is 0. The van der Waals surface area contributed by atoms with Gasteiger partial charge in [-0.15, -0.1) is 0 Å². The fourth-order valence-corrected chi connectivity index (χ4v) is 6.14. The molecule has 1 saturated carbocycles. The molecule has 0 bridgehead atoms. The zero-order chi connectivity index (χ0) is 23.1. The first-order valence-electron chi connectivity index (χ1n) is 10.3. The van der Waals surface area contributed by atoms with Crippen LogP contribution in [-0.4, -0.2) is 74.8 Å². The average molecular weight is 457 g/mol. The van der Waals surface area contributed by atoms with Gasteiger partial charge in [0.15, 0.2) is 18.1 Å². The minimum atomic E-state index is -4.85. The van der Waals surface area contributed by atoms with Crippen LogP contribution in [0.15, 0.2) is 12.7 Å². The van der Waals surface area contributed by atoms with Gasteiger partial charge in [-0.25, -0.2) is 27.1 Å². The van der Waals surface area contributed by atoms with Gasteiger partial charge in [0.2, 0.25) is 0 Å². The lowest BCUT2D eigenvalue weighted by Gasteiger charge is -2.43. The standard InChI is InChI=1S/C19H29FN6O4S/c1-18(2)14(9-25-12-22-11-24-25)4-5-19(18,3)23-8-17(27)26(13-31(28,29)30)10-15(20)6-16(26)7-21/h11-12,14-16,23H,4-6,8-10,13H2,1-3H3/t14-,15-,16+,19-,26?/m1/s1. The number of aromatic nitrogens is 3. The maximum Gasteiger partial charge on any atom is 0.329 e. The highest BCUT2D eigenvalue weighted by Gasteiger charge is 2.56. The van der Waals surface area contributed by atoms with Crippen LogP contribution in [0.2, 0.25) is 0 Å². The van der Waals surface area contributed by atoms with E-state index in [0.717, 1.165) is 12.8 Å². The van der Waals surface area contributed by atoms with Gasteiger partial charge in [0.1, 0.15) is 41.9 Å². The molecule has 1 unspecified atom stereocenters. The van der Waals surface area contributed by atoms with Crippen molar-refractivity contribution in [3.05, 3.63) is 12.7 Å². The molecule has 2 heterocycles. The number of halogens is 1. The van der Waals surface area contributed by atoms with Gasteiger partial charge in [-0.05, 0) is 31.1 Å². The van der Waals surface area contributed by atoms with E-state index in [1.807, 2.05) is 13.0 Å². The van der Waals surface area contributed by atoms with Gasteiger partial charge < -0.3 is 4.55 Å². The van der Waals surface area contributed by atoms with E-state index in [1.54, 1.807) is 11.0 Å². The fourth-order valence-electron chi connectivity index (χ4n) is 5.15. The van der Waals surface area contributed by atoms with Crippen molar-refractivity contribution < 1.29 is 26.6 Å². The molecule has 1 aliphatic carbocycles. The zero-order valence-electron chi connectivity index (χ0n) is 18.0. The molecule has 1 saturated heterocycles. The van der Waals surface area contributed by atoms with Crippen molar-refractivity contribution in [3.8, 4) is 6.07 Å². The van der Waals surface area contributed by atoms with E-state index in [0.29, 0.717) is 6.54 Å². The van der Waals surface area contributed by atoms with Gasteiger partial charge in [0, 0.05) is 12.1 Å². The molecule has 1 N–H and O–H groups in total. The largest absolute Gasteiger partial charge is 0.744 e. The van der Waals surface area contributed by atoms with Crippen LogP contribution >= 0.6 is 0 Å². The van der Waals surface area contributed by atoms with E-state index in [1.165, 1.54) is 6.33 Å². The molecule has 1 aliphatic heterocycles. The molecule has 2 fully saturated rings. The van der Waals surface area contributed by atoms with Crippen molar-refractivity contribution in [1.82, 2.24) is 20.1 Å². The molecular formula is C19H29FN6O4S. The molecule has 172 valence electrons. The molecule has 3 rings (SSSR count). The Balaban J connectivity index is 1.76. The SMILES string of the molecule is CC1(C)[C@@H](Cn2cncn2)CC[C@@]1(C)NCC(=O)[N+]1(CS(=O)(=O)[O-])C[C@H](F)C[C@H]1C#N. The lowest BCUT2D eigenvalue weighted by atomic mass is 9.71. The molecule has 0 spiro atoms. The number of rotatable bonds is 7. The second-order valence-corrected chi connectivity index (χ2v) is 10.9. The molecule has 10 nitrogen and oxygen atoms in total. The number of nitriles is 1. The molecule has 5 atom stereocenters. The van der Waals surface area contributed by atoms with Crippen molar-refractivity contribution in [3.63, 3.8) is 0 Å². The number of nitrogens with one attached hydrogen (secondary N) is 1. The highest BCUT2D eigenvalue weighted by molar-refractivity contribution is 7.85. The fraction of sp³-hybridized carbons (Fsp3) is 0.789. The Kier molecular flexibility index (Phi) is 6.27. The highest BCUT2D eigenvalue weighted by Crippen LogP contribution is 2.50. The van der Waals surface area contributed by atoms with Crippen molar-refractivity contribution in [2.24, 2.45) is 11.3 Å². The second kappa shape index (κ2) is 8.20. The Morgan fingerprint density at radius 3 is 2.74 bits per heavy atom. The quantitative estimate of drug-likeness (QED) is 0.463. The first kappa shape index (κ1) is 23.7. The van der Waals surface area contributed by atoms with E-state index < -0.39 is 50.7 Å². The molecular weight excluding hydrogens is 427 g/mol. The van der Waals surface area contributed by atoms with Gasteiger partial charge in [0.25, 0.3) is 0 Å². The lowest BCUT2D eigenvalue weighted by Crippen LogP contribution is -2.63. The van der Waals surface area contributed by atoms with Crippen LogP contribution in [0.1, 0.15) is 40.0 Å². The number of alkyl halides is 1. The van der Waals surface area contributed by atoms with Crippen molar-refractivity contribution in [1.29, 1.82) is 5.26 Å². The van der Waals surface area contributed by atoms with E-state index in [9.17, 15) is 27.4 Å². The third-order valence-corrected chi connectivity index (χ3v) is 8.35. The van der Waals surface area contributed by atoms with Crippen LogP contribution in [0.3, 0.4) is 0 Å². The number of carbonyl (C=O) groups is 1. The summed E-state index contributed by atoms with van der Waals surface area (Å²) in [5.74, 6) is -1.51. The third-order valence-electron chi connectivity index (χ3n) is 7.57. The molecule has 2 aliphatic rings. The topological polar surface area (TPSA) is 141 Å². The molecule has 31 heavy (non-hydrogen) atoms. The number of amides is 1. The van der Waals surface area contributed by atoms with Crippen LogP contribution in [0.5, 0.6) is 0 Å². The van der Waals surface area contributed by atoms with Crippen LogP contribution in [0.4, 0.5) is 4.39 Å². The van der Waals surface area contributed by atoms with Crippen LogP contribution in [0, 0.1) is 22.7 Å². The number of quaternary nitrogens is 1. The summed E-state index contributed by atoms with van der Waals surface area (Å²) in [5.41, 5.74) is -0.720. The first-order chi connectivity index (χ1) is 14.3. The maximum absolute atomic E-state index is 14.1. The summed E-state index contributed by atoms with van der Waals surface area (Å²) in [4.78, 5) is 17.1. The minimum Gasteiger partial charge on any atom is -0.744 e. The summed E-state index contributed by atoms with van der Waals surface area (Å²) in [7, 11) is -4.85. The molecule has 1 amide bonds. The predicted octanol–water partition coefficient (Wildman–Crippen LogP) is 0.543. The third kappa shape index (κ3) is 4.50. The minimum absolute atomic E-state index is 0.251. The molecule has 12 heteroatoms. The second-order valence-electron chi connectivity index (χ2n) is 9.54. The summed E-state index contributed by atoms with van der Waals surface area (Å²) in [5, 5.41) is 16.8. The van der Waals surface area contributed by atoms with Gasteiger partial charge in [-0.3, -0.25) is 10.00 Å². The smallest absolute Gasteiger partial charge is 0.329 e. The Hall–Kier alpha value is -1.94. The van der Waals surface area contributed by atoms with Gasteiger partial charge in [-0.2, -0.15) is 10.4 Å². The number of nitrogens with zero attached hydrogens (tertiary/aromatic N) is 5. The van der Waals surface area contributed by atoms with Gasteiger partial charge >= 0.3 is 5.91 Å². The molecule has 0 radical (unpaired) electrons. The van der Waals surface area contributed by atoms with Crippen LogP contribution in [0.25, 0.3) is 0 Å². The molecule has 0 aromatic carbocycles. The van der Waals surface area contributed by atoms with Crippen molar-refractivity contribution >= 4 is 16.0 Å².